The molecule has 0 saturated heterocycles. The lowest BCUT2D eigenvalue weighted by Crippen LogP contribution is -2.32. The van der Waals surface area contributed by atoms with E-state index in [0.717, 1.165) is 22.0 Å². The standard InChI is InChI=1S/C36H41N3O7S2Si/c1-7-16-37-34(40)30-13-12-26(32(38-30)36(42)45-3)27-22-31-29(21-28(27)35(41)46-18-20-49(4,5)6)33-24(15-19-47-33)14-17-39(31)48(43,44)25-10-8-23(2)9-11-25/h8-13,15,19,21-22H,7,14,16-18,20H2,1-6H3,(H,37,40). The van der Waals surface area contributed by atoms with Gasteiger partial charge in [0, 0.05) is 42.7 Å². The quantitative estimate of drug-likeness (QED) is 0.130. The van der Waals surface area contributed by atoms with Crippen molar-refractivity contribution in [3.8, 4) is 21.6 Å². The number of anilines is 1. The van der Waals surface area contributed by atoms with E-state index in [0.29, 0.717) is 30.6 Å². The van der Waals surface area contributed by atoms with E-state index in [1.54, 1.807) is 36.4 Å². The normalized spacial score (nSPS) is 12.8. The molecule has 0 unspecified atom stereocenters. The summed E-state index contributed by atoms with van der Waals surface area (Å²) in [4.78, 5) is 45.4. The maximum atomic E-state index is 14.3. The number of fused-ring (bicyclic) bond motifs is 3. The summed E-state index contributed by atoms with van der Waals surface area (Å²) in [5.74, 6) is -1.91. The van der Waals surface area contributed by atoms with Crippen LogP contribution in [-0.2, 0) is 25.9 Å². The van der Waals surface area contributed by atoms with E-state index in [9.17, 15) is 22.8 Å². The summed E-state index contributed by atoms with van der Waals surface area (Å²) in [6, 6.07) is 15.6. The van der Waals surface area contributed by atoms with E-state index in [2.05, 4.69) is 29.9 Å². The fourth-order valence-electron chi connectivity index (χ4n) is 5.48. The van der Waals surface area contributed by atoms with Gasteiger partial charge in [-0.05, 0) is 79.2 Å². The summed E-state index contributed by atoms with van der Waals surface area (Å²) < 4.78 is 40.9. The molecular formula is C36H41N3O7S2Si. The second-order valence-electron chi connectivity index (χ2n) is 13.1. The van der Waals surface area contributed by atoms with Gasteiger partial charge in [-0.3, -0.25) is 9.10 Å². The second kappa shape index (κ2) is 14.6. The molecule has 10 nitrogen and oxygen atoms in total. The first-order chi connectivity index (χ1) is 23.2. The molecule has 0 atom stereocenters. The van der Waals surface area contributed by atoms with Crippen LogP contribution in [0.2, 0.25) is 25.7 Å². The average molecular weight is 720 g/mol. The van der Waals surface area contributed by atoms with Gasteiger partial charge in [0.25, 0.3) is 15.9 Å². The Balaban J connectivity index is 1.77. The van der Waals surface area contributed by atoms with Gasteiger partial charge in [-0.15, -0.1) is 11.3 Å². The summed E-state index contributed by atoms with van der Waals surface area (Å²) in [5.41, 5.74) is 3.15. The Morgan fingerprint density at radius 1 is 0.980 bits per heavy atom. The van der Waals surface area contributed by atoms with E-state index in [1.165, 1.54) is 34.9 Å². The number of ether oxygens (including phenoxy) is 2. The molecule has 0 aliphatic carbocycles. The van der Waals surface area contributed by atoms with Crippen molar-refractivity contribution in [1.29, 1.82) is 0 Å². The minimum Gasteiger partial charge on any atom is -0.464 e. The minimum absolute atomic E-state index is 0.00146. The van der Waals surface area contributed by atoms with Crippen molar-refractivity contribution in [2.75, 3.05) is 31.1 Å². The fourth-order valence-corrected chi connectivity index (χ4v) is 8.65. The first-order valence-corrected chi connectivity index (χ1v) is 22.2. The number of carbonyl (C=O) groups is 3. The lowest BCUT2D eigenvalue weighted by molar-refractivity contribution is 0.0524. The predicted octanol–water partition coefficient (Wildman–Crippen LogP) is 6.96. The van der Waals surface area contributed by atoms with Crippen LogP contribution in [0.5, 0.6) is 0 Å². The zero-order valence-corrected chi connectivity index (χ0v) is 31.2. The van der Waals surface area contributed by atoms with Gasteiger partial charge in [-0.1, -0.05) is 44.3 Å². The average Bonchev–Trinajstić information content (AvgIpc) is 3.48. The van der Waals surface area contributed by atoms with E-state index in [-0.39, 0.29) is 46.1 Å². The van der Waals surface area contributed by atoms with Crippen LogP contribution in [0.4, 0.5) is 5.69 Å². The van der Waals surface area contributed by atoms with Gasteiger partial charge in [0.2, 0.25) is 0 Å². The Morgan fingerprint density at radius 2 is 1.71 bits per heavy atom. The molecule has 4 aromatic rings. The summed E-state index contributed by atoms with van der Waals surface area (Å²) in [6.07, 6.45) is 1.15. The molecular weight excluding hydrogens is 679 g/mol. The molecule has 13 heteroatoms. The number of sulfonamides is 1. The number of aromatic nitrogens is 1. The van der Waals surface area contributed by atoms with E-state index in [1.807, 2.05) is 25.3 Å². The zero-order chi connectivity index (χ0) is 35.5. The number of methoxy groups -OCH3 is 1. The number of aryl methyl sites for hydroxylation is 1. The van der Waals surface area contributed by atoms with E-state index >= 15 is 0 Å². The van der Waals surface area contributed by atoms with Crippen LogP contribution in [0.1, 0.15) is 55.8 Å². The summed E-state index contributed by atoms with van der Waals surface area (Å²) in [5, 5.41) is 4.70. The van der Waals surface area contributed by atoms with Gasteiger partial charge in [0.15, 0.2) is 5.69 Å². The number of benzene rings is 2. The highest BCUT2D eigenvalue weighted by Crippen LogP contribution is 2.45. The number of amides is 1. The zero-order valence-electron chi connectivity index (χ0n) is 28.6. The van der Waals surface area contributed by atoms with Crippen molar-refractivity contribution in [3.63, 3.8) is 0 Å². The van der Waals surface area contributed by atoms with Crippen molar-refractivity contribution in [1.82, 2.24) is 10.3 Å². The smallest absolute Gasteiger partial charge is 0.357 e. The van der Waals surface area contributed by atoms with E-state index in [4.69, 9.17) is 9.47 Å². The Kier molecular flexibility index (Phi) is 10.8. The molecule has 1 amide bonds. The topological polar surface area (TPSA) is 132 Å². The van der Waals surface area contributed by atoms with Crippen molar-refractivity contribution in [2.24, 2.45) is 0 Å². The number of esters is 2. The molecule has 2 aromatic heterocycles. The van der Waals surface area contributed by atoms with Crippen LogP contribution in [0.25, 0.3) is 21.6 Å². The van der Waals surface area contributed by atoms with Crippen molar-refractivity contribution < 1.29 is 32.3 Å². The van der Waals surface area contributed by atoms with Gasteiger partial charge in [-0.2, -0.15) is 0 Å². The minimum atomic E-state index is -4.07. The van der Waals surface area contributed by atoms with Crippen LogP contribution >= 0.6 is 11.3 Å². The highest BCUT2D eigenvalue weighted by molar-refractivity contribution is 7.92. The van der Waals surface area contributed by atoms with Gasteiger partial charge < -0.3 is 14.8 Å². The third kappa shape index (κ3) is 7.79. The summed E-state index contributed by atoms with van der Waals surface area (Å²) in [7, 11) is -4.41. The lowest BCUT2D eigenvalue weighted by Gasteiger charge is -2.26. The van der Waals surface area contributed by atoms with Crippen LogP contribution in [-0.4, -0.2) is 66.1 Å². The van der Waals surface area contributed by atoms with Gasteiger partial charge in [0.1, 0.15) is 5.69 Å². The van der Waals surface area contributed by atoms with Crippen LogP contribution in [0, 0.1) is 6.92 Å². The van der Waals surface area contributed by atoms with Crippen LogP contribution in [0.15, 0.2) is 64.9 Å². The third-order valence-corrected chi connectivity index (χ3v) is 12.7. The monoisotopic (exact) mass is 719 g/mol. The van der Waals surface area contributed by atoms with Crippen molar-refractivity contribution in [2.45, 2.75) is 57.3 Å². The number of thiophene rings is 1. The molecule has 0 saturated carbocycles. The molecule has 0 radical (unpaired) electrons. The number of rotatable bonds is 11. The largest absolute Gasteiger partial charge is 0.464 e. The number of pyridine rings is 1. The third-order valence-electron chi connectivity index (χ3n) is 8.23. The Hall–Kier alpha value is -4.33. The number of nitrogens with zero attached hydrogens (tertiary/aromatic N) is 2. The molecule has 258 valence electrons. The summed E-state index contributed by atoms with van der Waals surface area (Å²) >= 11 is 1.46. The number of nitrogens with one attached hydrogen (secondary N) is 1. The maximum absolute atomic E-state index is 14.3. The summed E-state index contributed by atoms with van der Waals surface area (Å²) in [6.45, 7) is 11.1. The predicted molar refractivity (Wildman–Crippen MR) is 195 cm³/mol. The molecule has 0 fully saturated rings. The Bertz CT molecular complexity index is 2000. The fraction of sp³-hybridized carbons (Fsp3) is 0.333. The van der Waals surface area contributed by atoms with Crippen molar-refractivity contribution in [3.05, 3.63) is 88.1 Å². The number of hydrogen-bond acceptors (Lipinski definition) is 9. The maximum Gasteiger partial charge on any atom is 0.357 e. The first kappa shape index (κ1) is 36.0. The van der Waals surface area contributed by atoms with Crippen LogP contribution < -0.4 is 9.62 Å². The number of carbonyl (C=O) groups excluding carboxylic acids is 3. The molecule has 49 heavy (non-hydrogen) atoms. The molecule has 1 aliphatic rings. The molecule has 2 aromatic carbocycles. The van der Waals surface area contributed by atoms with E-state index < -0.39 is 35.9 Å². The molecule has 0 bridgehead atoms. The van der Waals surface area contributed by atoms with Crippen molar-refractivity contribution >= 4 is 53.0 Å². The molecule has 5 rings (SSSR count). The highest BCUT2D eigenvalue weighted by atomic mass is 32.2. The molecule has 0 spiro atoms. The molecule has 1 aliphatic heterocycles. The second-order valence-corrected chi connectivity index (χ2v) is 21.5. The van der Waals surface area contributed by atoms with Gasteiger partial charge in [-0.25, -0.2) is 23.0 Å². The molecule has 3 heterocycles. The van der Waals surface area contributed by atoms with Crippen LogP contribution in [0.3, 0.4) is 0 Å². The van der Waals surface area contributed by atoms with Gasteiger partial charge in [0.05, 0.1) is 29.9 Å². The first-order valence-electron chi connectivity index (χ1n) is 16.1. The molecule has 1 N–H and O–H groups in total. The lowest BCUT2D eigenvalue weighted by atomic mass is 9.93. The Labute approximate surface area is 292 Å². The SMILES string of the molecule is CCCNC(=O)c1ccc(-c2cc3c(cc2C(=O)OCC[Si](C)(C)C)-c2sccc2CCN3S(=O)(=O)c2ccc(C)cc2)c(C(=O)OC)n1. The highest BCUT2D eigenvalue weighted by Gasteiger charge is 2.34. The van der Waals surface area contributed by atoms with Gasteiger partial charge >= 0.3 is 11.9 Å². The Morgan fingerprint density at radius 3 is 2.39 bits per heavy atom. The number of hydrogen-bond donors (Lipinski definition) is 1.